The zero-order chi connectivity index (χ0) is 14.4. The van der Waals surface area contributed by atoms with Crippen molar-refractivity contribution in [2.45, 2.75) is 6.42 Å². The van der Waals surface area contributed by atoms with E-state index >= 15 is 0 Å². The summed E-state index contributed by atoms with van der Waals surface area (Å²) in [5, 5.41) is 14.1. The van der Waals surface area contributed by atoms with Crippen LogP contribution >= 0.6 is 0 Å². The number of hydrogen-bond acceptors (Lipinski definition) is 1. The molecule has 2 heteroatoms. The van der Waals surface area contributed by atoms with Crippen LogP contribution in [0.3, 0.4) is 0 Å². The van der Waals surface area contributed by atoms with Crippen molar-refractivity contribution in [3.8, 4) is 0 Å². The molecule has 0 saturated heterocycles. The van der Waals surface area contributed by atoms with Gasteiger partial charge in [-0.2, -0.15) is 0 Å². The van der Waals surface area contributed by atoms with Gasteiger partial charge in [0.1, 0.15) is 0 Å². The topological polar surface area (TPSA) is 37.3 Å². The molecule has 0 amide bonds. The van der Waals surface area contributed by atoms with Crippen LogP contribution in [0, 0.1) is 5.92 Å². The van der Waals surface area contributed by atoms with Crippen molar-refractivity contribution < 1.29 is 9.90 Å². The summed E-state index contributed by atoms with van der Waals surface area (Å²) >= 11 is 0. The van der Waals surface area contributed by atoms with Crippen LogP contribution in [0.1, 0.15) is 11.1 Å². The average molecular weight is 274 g/mol. The first-order valence-corrected chi connectivity index (χ1v) is 7.09. The van der Waals surface area contributed by atoms with Crippen LogP contribution in [0.5, 0.6) is 0 Å². The molecule has 0 heterocycles. The molecule has 0 bridgehead atoms. The van der Waals surface area contributed by atoms with E-state index in [1.165, 1.54) is 27.1 Å². The average Bonchev–Trinajstić information content (AvgIpc) is 2.54. The predicted molar refractivity (Wildman–Crippen MR) is 85.3 cm³/mol. The van der Waals surface area contributed by atoms with Crippen LogP contribution in [-0.2, 0) is 11.2 Å². The minimum atomic E-state index is -0.755. The fraction of sp³-hybridized carbons (Fsp3) is 0.105. The summed E-state index contributed by atoms with van der Waals surface area (Å²) in [4.78, 5) is 11.3. The monoisotopic (exact) mass is 274 g/mol. The lowest BCUT2D eigenvalue weighted by molar-refractivity contribution is -0.140. The Kier molecular flexibility index (Phi) is 2.58. The molecule has 3 aromatic carbocycles. The summed E-state index contributed by atoms with van der Waals surface area (Å²) in [6.45, 7) is 0. The van der Waals surface area contributed by atoms with E-state index in [1.807, 2.05) is 36.4 Å². The molecule has 0 spiro atoms. The number of hydrogen-bond donors (Lipinski definition) is 1. The van der Waals surface area contributed by atoms with Crippen molar-refractivity contribution in [2.24, 2.45) is 5.92 Å². The summed E-state index contributed by atoms with van der Waals surface area (Å²) in [5.74, 6) is -1.18. The number of aliphatic carboxylic acids is 1. The summed E-state index contributed by atoms with van der Waals surface area (Å²) in [7, 11) is 0. The third-order valence-electron chi connectivity index (χ3n) is 4.32. The molecule has 4 rings (SSSR count). The van der Waals surface area contributed by atoms with Crippen LogP contribution in [0.15, 0.2) is 54.6 Å². The molecule has 1 aliphatic rings. The molecule has 1 aliphatic carbocycles. The van der Waals surface area contributed by atoms with Gasteiger partial charge in [0.2, 0.25) is 0 Å². The van der Waals surface area contributed by atoms with Crippen LogP contribution in [0.4, 0.5) is 0 Å². The summed E-state index contributed by atoms with van der Waals surface area (Å²) in [5.41, 5.74) is 2.32. The van der Waals surface area contributed by atoms with Gasteiger partial charge in [-0.25, -0.2) is 0 Å². The van der Waals surface area contributed by atoms with E-state index in [2.05, 4.69) is 24.3 Å². The van der Waals surface area contributed by atoms with Crippen LogP contribution in [0.2, 0.25) is 0 Å². The molecule has 21 heavy (non-hydrogen) atoms. The normalized spacial score (nSPS) is 17.0. The summed E-state index contributed by atoms with van der Waals surface area (Å²) in [6, 6.07) is 16.6. The highest BCUT2D eigenvalue weighted by Gasteiger charge is 2.23. The van der Waals surface area contributed by atoms with Crippen molar-refractivity contribution in [3.05, 3.63) is 65.7 Å². The summed E-state index contributed by atoms with van der Waals surface area (Å²) < 4.78 is 0. The lowest BCUT2D eigenvalue weighted by Crippen LogP contribution is -2.17. The van der Waals surface area contributed by atoms with Crippen molar-refractivity contribution in [2.75, 3.05) is 0 Å². The van der Waals surface area contributed by atoms with E-state index in [-0.39, 0.29) is 0 Å². The Morgan fingerprint density at radius 2 is 1.48 bits per heavy atom. The van der Waals surface area contributed by atoms with E-state index < -0.39 is 11.9 Å². The minimum Gasteiger partial charge on any atom is -0.481 e. The van der Waals surface area contributed by atoms with Crippen molar-refractivity contribution >= 4 is 33.6 Å². The second kappa shape index (κ2) is 4.45. The molecule has 0 radical (unpaired) electrons. The fourth-order valence-corrected chi connectivity index (χ4v) is 3.32. The Morgan fingerprint density at radius 3 is 2.14 bits per heavy atom. The zero-order valence-electron chi connectivity index (χ0n) is 11.4. The second-order valence-electron chi connectivity index (χ2n) is 5.49. The zero-order valence-corrected chi connectivity index (χ0v) is 11.4. The Labute approximate surface area is 122 Å². The first-order chi connectivity index (χ1) is 10.3. The first kappa shape index (κ1) is 12.2. The van der Waals surface area contributed by atoms with Crippen molar-refractivity contribution in [1.29, 1.82) is 0 Å². The van der Waals surface area contributed by atoms with Crippen molar-refractivity contribution in [1.82, 2.24) is 0 Å². The lowest BCUT2D eigenvalue weighted by atomic mass is 9.83. The number of rotatable bonds is 1. The van der Waals surface area contributed by atoms with Gasteiger partial charge >= 0.3 is 5.97 Å². The maximum atomic E-state index is 11.3. The number of benzene rings is 3. The molecule has 0 aliphatic heterocycles. The molecule has 0 fully saturated rings. The van der Waals surface area contributed by atoms with Crippen LogP contribution in [0.25, 0.3) is 27.6 Å². The van der Waals surface area contributed by atoms with Gasteiger partial charge in [0.15, 0.2) is 0 Å². The van der Waals surface area contributed by atoms with Gasteiger partial charge in [0.05, 0.1) is 5.92 Å². The standard InChI is InChI=1S/C19H14O2/c20-19(21)12-9-10-17-15-7-2-1-5-13(15)14-6-3-4-8-16(14)18(17)11-12/h1-10,12H,11H2,(H,20,21). The SMILES string of the molecule is O=C(O)C1C=Cc2c(c3ccccc3c3ccccc23)C1. The molecule has 102 valence electrons. The highest BCUT2D eigenvalue weighted by molar-refractivity contribution is 6.13. The Balaban J connectivity index is 2.14. The highest BCUT2D eigenvalue weighted by Crippen LogP contribution is 2.37. The van der Waals surface area contributed by atoms with Gasteiger partial charge in [-0.3, -0.25) is 4.79 Å². The number of carboxylic acid groups (broad SMARTS) is 1. The Morgan fingerprint density at radius 1 is 0.905 bits per heavy atom. The van der Waals surface area contributed by atoms with E-state index in [9.17, 15) is 9.90 Å². The van der Waals surface area contributed by atoms with Crippen molar-refractivity contribution in [3.63, 3.8) is 0 Å². The first-order valence-electron chi connectivity index (χ1n) is 7.09. The van der Waals surface area contributed by atoms with Gasteiger partial charge in [-0.05, 0) is 39.1 Å². The Hall–Kier alpha value is -2.61. The fourth-order valence-electron chi connectivity index (χ4n) is 3.32. The van der Waals surface area contributed by atoms with Gasteiger partial charge < -0.3 is 5.11 Å². The molecule has 0 aromatic heterocycles. The highest BCUT2D eigenvalue weighted by atomic mass is 16.4. The van der Waals surface area contributed by atoms with Crippen LogP contribution < -0.4 is 0 Å². The molecule has 1 atom stereocenters. The molecule has 1 unspecified atom stereocenters. The predicted octanol–water partition coefficient (Wildman–Crippen LogP) is 4.26. The summed E-state index contributed by atoms with van der Waals surface area (Å²) in [6.07, 6.45) is 4.35. The Bertz CT molecular complexity index is 906. The maximum absolute atomic E-state index is 11.3. The van der Waals surface area contributed by atoms with Gasteiger partial charge in [-0.15, -0.1) is 0 Å². The third-order valence-corrected chi connectivity index (χ3v) is 4.32. The van der Waals surface area contributed by atoms with E-state index in [0.29, 0.717) is 6.42 Å². The van der Waals surface area contributed by atoms with E-state index in [1.54, 1.807) is 0 Å². The smallest absolute Gasteiger partial charge is 0.310 e. The van der Waals surface area contributed by atoms with Gasteiger partial charge in [-0.1, -0.05) is 60.7 Å². The number of fused-ring (bicyclic) bond motifs is 6. The molecular weight excluding hydrogens is 260 g/mol. The number of carboxylic acids is 1. The molecule has 2 nitrogen and oxygen atoms in total. The minimum absolute atomic E-state index is 0.429. The largest absolute Gasteiger partial charge is 0.481 e. The van der Waals surface area contributed by atoms with E-state index in [0.717, 1.165) is 5.56 Å². The molecule has 0 saturated carbocycles. The van der Waals surface area contributed by atoms with Gasteiger partial charge in [0, 0.05) is 0 Å². The number of carbonyl (C=O) groups is 1. The third kappa shape index (κ3) is 1.76. The second-order valence-corrected chi connectivity index (χ2v) is 5.49. The van der Waals surface area contributed by atoms with E-state index in [4.69, 9.17) is 0 Å². The molecule has 1 N–H and O–H groups in total. The quantitative estimate of drug-likeness (QED) is 0.673. The molecule has 3 aromatic rings. The van der Waals surface area contributed by atoms with Crippen LogP contribution in [-0.4, -0.2) is 11.1 Å². The molecular formula is C19H14O2. The lowest BCUT2D eigenvalue weighted by Gasteiger charge is -2.21. The van der Waals surface area contributed by atoms with Gasteiger partial charge in [0.25, 0.3) is 0 Å². The maximum Gasteiger partial charge on any atom is 0.310 e.